The Bertz CT molecular complexity index is 311. The van der Waals surface area contributed by atoms with Crippen molar-refractivity contribution in [2.45, 2.75) is 69.7 Å². The highest BCUT2D eigenvalue weighted by Crippen LogP contribution is 2.35. The maximum Gasteiger partial charge on any atom is 0.109 e. The molecule has 4 heteroatoms. The molecule has 4 nitrogen and oxygen atoms in total. The topological polar surface area (TPSA) is 54.3 Å². The molecule has 0 heterocycles. The number of nitrogens with one attached hydrogen (secondary N) is 1. The lowest BCUT2D eigenvalue weighted by Crippen LogP contribution is -2.43. The van der Waals surface area contributed by atoms with Gasteiger partial charge in [0.1, 0.15) is 5.54 Å². The van der Waals surface area contributed by atoms with Gasteiger partial charge in [-0.1, -0.05) is 0 Å². The number of hydrogen-bond acceptors (Lipinski definition) is 4. The number of rotatable bonds is 7. The summed E-state index contributed by atoms with van der Waals surface area (Å²) in [7, 11) is 0. The first-order valence-electron chi connectivity index (χ1n) is 7.09. The molecule has 0 aliphatic heterocycles. The molecule has 2 rings (SSSR count). The fourth-order valence-corrected chi connectivity index (χ4v) is 2.65. The van der Waals surface area contributed by atoms with Gasteiger partial charge in [-0.3, -0.25) is 5.32 Å². The molecule has 0 aromatic carbocycles. The van der Waals surface area contributed by atoms with E-state index < -0.39 is 0 Å². The summed E-state index contributed by atoms with van der Waals surface area (Å²) in [6, 6.07) is 3.05. The maximum absolute atomic E-state index is 9.39. The molecule has 2 aliphatic carbocycles. The van der Waals surface area contributed by atoms with Crippen LogP contribution in [0.25, 0.3) is 0 Å². The van der Waals surface area contributed by atoms with Crippen LogP contribution in [0.4, 0.5) is 0 Å². The zero-order valence-corrected chi connectivity index (χ0v) is 11.4. The molecule has 2 saturated carbocycles. The molecule has 0 amide bonds. The highest BCUT2D eigenvalue weighted by atomic mass is 16.5. The summed E-state index contributed by atoms with van der Waals surface area (Å²) < 4.78 is 11.3. The average molecular weight is 252 g/mol. The van der Waals surface area contributed by atoms with Crippen LogP contribution in [0, 0.1) is 11.3 Å². The van der Waals surface area contributed by atoms with Gasteiger partial charge in [0, 0.05) is 19.1 Å². The lowest BCUT2D eigenvalue weighted by molar-refractivity contribution is -0.0447. The Labute approximate surface area is 110 Å². The number of nitriles is 1. The van der Waals surface area contributed by atoms with Crippen molar-refractivity contribution >= 4 is 0 Å². The molecule has 0 aromatic heterocycles. The van der Waals surface area contributed by atoms with Gasteiger partial charge in [-0.15, -0.1) is 0 Å². The van der Waals surface area contributed by atoms with Crippen LogP contribution < -0.4 is 5.32 Å². The fourth-order valence-electron chi connectivity index (χ4n) is 2.65. The van der Waals surface area contributed by atoms with Gasteiger partial charge in [0.05, 0.1) is 24.9 Å². The van der Waals surface area contributed by atoms with Crippen molar-refractivity contribution in [2.24, 2.45) is 0 Å². The summed E-state index contributed by atoms with van der Waals surface area (Å²) >= 11 is 0. The zero-order valence-electron chi connectivity index (χ0n) is 11.4. The Morgan fingerprint density at radius 1 is 1.44 bits per heavy atom. The van der Waals surface area contributed by atoms with Crippen LogP contribution in [0.15, 0.2) is 0 Å². The molecule has 3 atom stereocenters. The van der Waals surface area contributed by atoms with Crippen molar-refractivity contribution in [1.29, 1.82) is 5.26 Å². The van der Waals surface area contributed by atoms with Gasteiger partial charge in [0.25, 0.3) is 0 Å². The van der Waals surface area contributed by atoms with E-state index in [0.29, 0.717) is 12.6 Å². The predicted molar refractivity (Wildman–Crippen MR) is 69.2 cm³/mol. The number of ether oxygens (including phenoxy) is 2. The first-order chi connectivity index (χ1) is 8.67. The highest BCUT2D eigenvalue weighted by Gasteiger charge is 2.43. The summed E-state index contributed by atoms with van der Waals surface area (Å²) in [6.07, 6.45) is 5.45. The molecule has 2 aliphatic rings. The van der Waals surface area contributed by atoms with E-state index in [0.717, 1.165) is 25.9 Å². The third-order valence-electron chi connectivity index (χ3n) is 3.72. The van der Waals surface area contributed by atoms with Gasteiger partial charge in [-0.05, 0) is 39.5 Å². The van der Waals surface area contributed by atoms with Crippen LogP contribution >= 0.6 is 0 Å². The Kier molecular flexibility index (Phi) is 4.60. The van der Waals surface area contributed by atoms with Crippen molar-refractivity contribution < 1.29 is 9.47 Å². The maximum atomic E-state index is 9.39. The van der Waals surface area contributed by atoms with E-state index in [2.05, 4.69) is 11.4 Å². The van der Waals surface area contributed by atoms with Gasteiger partial charge >= 0.3 is 0 Å². The van der Waals surface area contributed by atoms with Crippen molar-refractivity contribution in [3.05, 3.63) is 0 Å². The van der Waals surface area contributed by atoms with Crippen LogP contribution in [0.5, 0.6) is 0 Å². The second-order valence-electron chi connectivity index (χ2n) is 5.58. The second-order valence-corrected chi connectivity index (χ2v) is 5.58. The van der Waals surface area contributed by atoms with Crippen LogP contribution in [0.3, 0.4) is 0 Å². The van der Waals surface area contributed by atoms with E-state index in [-0.39, 0.29) is 17.7 Å². The minimum atomic E-state index is -0.336. The van der Waals surface area contributed by atoms with Crippen molar-refractivity contribution in [1.82, 2.24) is 5.32 Å². The molecule has 3 unspecified atom stereocenters. The van der Waals surface area contributed by atoms with Crippen LogP contribution in [0.1, 0.15) is 46.0 Å². The summed E-state index contributed by atoms with van der Waals surface area (Å²) in [5.41, 5.74) is -0.336. The molecule has 2 fully saturated rings. The molecule has 0 radical (unpaired) electrons. The lowest BCUT2D eigenvalue weighted by Gasteiger charge is -2.23. The summed E-state index contributed by atoms with van der Waals surface area (Å²) in [4.78, 5) is 0. The molecule has 0 saturated heterocycles. The van der Waals surface area contributed by atoms with Gasteiger partial charge in [-0.2, -0.15) is 5.26 Å². The Morgan fingerprint density at radius 3 is 2.83 bits per heavy atom. The van der Waals surface area contributed by atoms with Crippen molar-refractivity contribution in [3.8, 4) is 6.07 Å². The molecule has 102 valence electrons. The van der Waals surface area contributed by atoms with Crippen molar-refractivity contribution in [3.63, 3.8) is 0 Å². The average Bonchev–Trinajstić information content (AvgIpc) is 3.08. The third-order valence-corrected chi connectivity index (χ3v) is 3.72. The molecule has 0 spiro atoms. The molecular weight excluding hydrogens is 228 g/mol. The van der Waals surface area contributed by atoms with Crippen LogP contribution in [-0.4, -0.2) is 37.0 Å². The molecule has 0 bridgehead atoms. The molecular formula is C14H24N2O2. The van der Waals surface area contributed by atoms with E-state index in [1.165, 1.54) is 12.8 Å². The first kappa shape index (κ1) is 13.8. The first-order valence-corrected chi connectivity index (χ1v) is 7.09. The van der Waals surface area contributed by atoms with E-state index in [1.807, 2.05) is 13.8 Å². The van der Waals surface area contributed by atoms with Gasteiger partial charge in [0.2, 0.25) is 0 Å². The molecule has 1 N–H and O–H groups in total. The predicted octanol–water partition coefficient (Wildman–Crippen LogP) is 1.99. The summed E-state index contributed by atoms with van der Waals surface area (Å²) in [5, 5.41) is 12.9. The Hall–Kier alpha value is -0.630. The normalized spacial score (nSPS) is 33.3. The molecule has 18 heavy (non-hydrogen) atoms. The van der Waals surface area contributed by atoms with E-state index in [9.17, 15) is 5.26 Å². The monoisotopic (exact) mass is 252 g/mol. The number of nitrogens with zero attached hydrogens (tertiary/aromatic N) is 1. The van der Waals surface area contributed by atoms with Crippen LogP contribution in [-0.2, 0) is 9.47 Å². The minimum Gasteiger partial charge on any atom is -0.379 e. The SMILES string of the molecule is CCOCC(C)OC1CCC(C#N)(NC2CC2)C1. The zero-order chi connectivity index (χ0) is 13.0. The van der Waals surface area contributed by atoms with Crippen molar-refractivity contribution in [2.75, 3.05) is 13.2 Å². The fraction of sp³-hybridized carbons (Fsp3) is 0.929. The van der Waals surface area contributed by atoms with E-state index in [1.54, 1.807) is 0 Å². The highest BCUT2D eigenvalue weighted by molar-refractivity contribution is 5.14. The van der Waals surface area contributed by atoms with E-state index in [4.69, 9.17) is 9.47 Å². The quantitative estimate of drug-likeness (QED) is 0.753. The Balaban J connectivity index is 1.77. The summed E-state index contributed by atoms with van der Waals surface area (Å²) in [5.74, 6) is 0. The van der Waals surface area contributed by atoms with Gasteiger partial charge < -0.3 is 9.47 Å². The number of hydrogen-bond donors (Lipinski definition) is 1. The lowest BCUT2D eigenvalue weighted by atomic mass is 9.99. The smallest absolute Gasteiger partial charge is 0.109 e. The van der Waals surface area contributed by atoms with Crippen LogP contribution in [0.2, 0.25) is 0 Å². The van der Waals surface area contributed by atoms with E-state index >= 15 is 0 Å². The minimum absolute atomic E-state index is 0.116. The second kappa shape index (κ2) is 6.01. The standard InChI is InChI=1S/C14H24N2O2/c1-3-17-9-11(2)18-13-6-7-14(8-13,10-15)16-12-4-5-12/h11-13,16H,3-9H2,1-2H3. The largest absolute Gasteiger partial charge is 0.379 e. The summed E-state index contributed by atoms with van der Waals surface area (Å²) in [6.45, 7) is 5.39. The third kappa shape index (κ3) is 3.68. The molecule has 0 aromatic rings. The van der Waals surface area contributed by atoms with Gasteiger partial charge in [-0.25, -0.2) is 0 Å². The Morgan fingerprint density at radius 2 is 2.22 bits per heavy atom. The van der Waals surface area contributed by atoms with Gasteiger partial charge in [0.15, 0.2) is 0 Å².